The number of hydrogen-bond acceptors (Lipinski definition) is 2. The Balaban J connectivity index is 1.91. The highest BCUT2D eigenvalue weighted by Gasteiger charge is 2.47. The van der Waals surface area contributed by atoms with Crippen LogP contribution in [0.3, 0.4) is 0 Å². The third kappa shape index (κ3) is 2.51. The van der Waals surface area contributed by atoms with Crippen molar-refractivity contribution in [3.8, 4) is 5.75 Å². The van der Waals surface area contributed by atoms with E-state index >= 15 is 0 Å². The van der Waals surface area contributed by atoms with Crippen LogP contribution in [-0.2, 0) is 0 Å². The molecular formula is C17H25NO. The topological polar surface area (TPSA) is 21.3 Å². The number of ether oxygens (including phenoxy) is 1. The van der Waals surface area contributed by atoms with Crippen LogP contribution >= 0.6 is 0 Å². The second kappa shape index (κ2) is 4.82. The highest BCUT2D eigenvalue weighted by molar-refractivity contribution is 5.42. The van der Waals surface area contributed by atoms with Crippen molar-refractivity contribution in [1.82, 2.24) is 5.32 Å². The Bertz CT molecular complexity index is 466. The molecule has 0 amide bonds. The first-order valence-corrected chi connectivity index (χ1v) is 7.65. The monoisotopic (exact) mass is 259 g/mol. The summed E-state index contributed by atoms with van der Waals surface area (Å²) in [5, 5.41) is 3.71. The zero-order valence-corrected chi connectivity index (χ0v) is 12.3. The molecule has 0 bridgehead atoms. The van der Waals surface area contributed by atoms with E-state index < -0.39 is 0 Å². The molecule has 1 aliphatic heterocycles. The van der Waals surface area contributed by atoms with Crippen molar-refractivity contribution in [2.24, 2.45) is 5.92 Å². The third-order valence-corrected chi connectivity index (χ3v) is 4.57. The van der Waals surface area contributed by atoms with Gasteiger partial charge in [0.25, 0.3) is 0 Å². The van der Waals surface area contributed by atoms with Crippen molar-refractivity contribution < 1.29 is 4.74 Å². The maximum Gasteiger partial charge on any atom is 0.124 e. The van der Waals surface area contributed by atoms with Crippen molar-refractivity contribution in [3.05, 3.63) is 29.3 Å². The lowest BCUT2D eigenvalue weighted by Gasteiger charge is -2.41. The first-order chi connectivity index (χ1) is 9.12. The van der Waals surface area contributed by atoms with Gasteiger partial charge < -0.3 is 10.1 Å². The lowest BCUT2D eigenvalue weighted by Crippen LogP contribution is -2.43. The molecule has 2 unspecified atom stereocenters. The van der Waals surface area contributed by atoms with Gasteiger partial charge in [0.2, 0.25) is 0 Å². The summed E-state index contributed by atoms with van der Waals surface area (Å²) in [6.45, 7) is 7.77. The fraction of sp³-hybridized carbons (Fsp3) is 0.647. The van der Waals surface area contributed by atoms with E-state index in [4.69, 9.17) is 4.74 Å². The van der Waals surface area contributed by atoms with Gasteiger partial charge in [-0.3, -0.25) is 0 Å². The van der Waals surface area contributed by atoms with Crippen LogP contribution in [0.25, 0.3) is 0 Å². The largest absolute Gasteiger partial charge is 0.487 e. The molecule has 2 atom stereocenters. The van der Waals surface area contributed by atoms with Crippen molar-refractivity contribution in [2.75, 3.05) is 6.54 Å². The van der Waals surface area contributed by atoms with Gasteiger partial charge in [0.1, 0.15) is 11.4 Å². The van der Waals surface area contributed by atoms with Gasteiger partial charge in [-0.25, -0.2) is 0 Å². The van der Waals surface area contributed by atoms with Crippen LogP contribution in [0.1, 0.15) is 56.7 Å². The quantitative estimate of drug-likeness (QED) is 0.883. The summed E-state index contributed by atoms with van der Waals surface area (Å²) in [5.74, 6) is 1.85. The van der Waals surface area contributed by atoms with Crippen LogP contribution < -0.4 is 10.1 Å². The molecule has 0 spiro atoms. The van der Waals surface area contributed by atoms with E-state index in [1.165, 1.54) is 30.4 Å². The normalized spacial score (nSPS) is 29.7. The van der Waals surface area contributed by atoms with E-state index in [-0.39, 0.29) is 5.60 Å². The van der Waals surface area contributed by atoms with Gasteiger partial charge in [-0.1, -0.05) is 24.6 Å². The highest BCUT2D eigenvalue weighted by atomic mass is 16.5. The summed E-state index contributed by atoms with van der Waals surface area (Å²) in [4.78, 5) is 0. The van der Waals surface area contributed by atoms with Crippen molar-refractivity contribution in [2.45, 2.75) is 58.1 Å². The van der Waals surface area contributed by atoms with Crippen LogP contribution in [-0.4, -0.2) is 12.1 Å². The average molecular weight is 259 g/mol. The van der Waals surface area contributed by atoms with E-state index in [0.29, 0.717) is 6.04 Å². The Hall–Kier alpha value is -1.02. The lowest BCUT2D eigenvalue weighted by molar-refractivity contribution is 0.0269. The number of aryl methyl sites for hydroxylation is 1. The maximum atomic E-state index is 6.37. The predicted octanol–water partition coefficient (Wildman–Crippen LogP) is 3.99. The Labute approximate surface area is 116 Å². The minimum Gasteiger partial charge on any atom is -0.487 e. The minimum absolute atomic E-state index is 0.0354. The molecule has 1 aromatic rings. The van der Waals surface area contributed by atoms with Gasteiger partial charge in [-0.15, -0.1) is 0 Å². The number of benzene rings is 1. The van der Waals surface area contributed by atoms with Crippen LogP contribution in [0.2, 0.25) is 0 Å². The molecule has 2 aliphatic rings. The van der Waals surface area contributed by atoms with Crippen molar-refractivity contribution in [3.63, 3.8) is 0 Å². The lowest BCUT2D eigenvalue weighted by atomic mass is 9.84. The van der Waals surface area contributed by atoms with Crippen molar-refractivity contribution >= 4 is 0 Å². The molecule has 0 aromatic heterocycles. The second-order valence-electron chi connectivity index (χ2n) is 6.44. The average Bonchev–Trinajstić information content (AvgIpc) is 3.21. The van der Waals surface area contributed by atoms with E-state index in [0.717, 1.165) is 24.6 Å². The molecule has 3 rings (SSSR count). The third-order valence-electron chi connectivity index (χ3n) is 4.57. The molecule has 0 saturated heterocycles. The number of fused-ring (bicyclic) bond motifs is 1. The molecule has 1 aromatic carbocycles. The SMILES string of the molecule is CCCNC1CC(C)(C2CC2)Oc2ccc(C)cc21. The maximum absolute atomic E-state index is 6.37. The Morgan fingerprint density at radius 2 is 2.16 bits per heavy atom. The zero-order valence-electron chi connectivity index (χ0n) is 12.3. The Morgan fingerprint density at radius 3 is 2.84 bits per heavy atom. The van der Waals surface area contributed by atoms with Crippen LogP contribution in [0.15, 0.2) is 18.2 Å². The van der Waals surface area contributed by atoms with Crippen LogP contribution in [0.4, 0.5) is 0 Å². The molecule has 1 N–H and O–H groups in total. The molecule has 1 aliphatic carbocycles. The Morgan fingerprint density at radius 1 is 1.37 bits per heavy atom. The van der Waals surface area contributed by atoms with Gasteiger partial charge in [0.15, 0.2) is 0 Å². The predicted molar refractivity (Wildman–Crippen MR) is 78.6 cm³/mol. The van der Waals surface area contributed by atoms with Crippen LogP contribution in [0, 0.1) is 12.8 Å². The molecule has 1 fully saturated rings. The van der Waals surface area contributed by atoms with Crippen LogP contribution in [0.5, 0.6) is 5.75 Å². The fourth-order valence-corrected chi connectivity index (χ4v) is 3.29. The van der Waals surface area contributed by atoms with Gasteiger partial charge in [-0.2, -0.15) is 0 Å². The summed E-state index contributed by atoms with van der Waals surface area (Å²) in [7, 11) is 0. The molecule has 0 radical (unpaired) electrons. The van der Waals surface area contributed by atoms with E-state index in [2.05, 4.69) is 44.3 Å². The molecule has 2 heteroatoms. The van der Waals surface area contributed by atoms with Gasteiger partial charge >= 0.3 is 0 Å². The standard InChI is InChI=1S/C17H25NO/c1-4-9-18-15-11-17(3,13-6-7-13)19-16-8-5-12(2)10-14(15)16/h5,8,10,13,15,18H,4,6-7,9,11H2,1-3H3. The molecule has 1 heterocycles. The zero-order chi connectivity index (χ0) is 13.5. The summed E-state index contributed by atoms with van der Waals surface area (Å²) in [6.07, 6.45) is 4.95. The second-order valence-corrected chi connectivity index (χ2v) is 6.44. The Kier molecular flexibility index (Phi) is 3.30. The van der Waals surface area contributed by atoms with E-state index in [1.54, 1.807) is 0 Å². The number of hydrogen-bond donors (Lipinski definition) is 1. The smallest absolute Gasteiger partial charge is 0.124 e. The number of nitrogens with one attached hydrogen (secondary N) is 1. The summed E-state index contributed by atoms with van der Waals surface area (Å²) >= 11 is 0. The summed E-state index contributed by atoms with van der Waals surface area (Å²) < 4.78 is 6.37. The minimum atomic E-state index is 0.0354. The first kappa shape index (κ1) is 13.0. The summed E-state index contributed by atoms with van der Waals surface area (Å²) in [6, 6.07) is 7.06. The molecule has 2 nitrogen and oxygen atoms in total. The molecule has 19 heavy (non-hydrogen) atoms. The highest BCUT2D eigenvalue weighted by Crippen LogP contribution is 2.50. The number of rotatable bonds is 4. The van der Waals surface area contributed by atoms with Gasteiger partial charge in [0, 0.05) is 18.0 Å². The molecule has 1 saturated carbocycles. The van der Waals surface area contributed by atoms with Gasteiger partial charge in [-0.05, 0) is 51.6 Å². The van der Waals surface area contributed by atoms with Crippen molar-refractivity contribution in [1.29, 1.82) is 0 Å². The molecule has 104 valence electrons. The fourth-order valence-electron chi connectivity index (χ4n) is 3.29. The van der Waals surface area contributed by atoms with E-state index in [1.807, 2.05) is 0 Å². The van der Waals surface area contributed by atoms with Gasteiger partial charge in [0.05, 0.1) is 0 Å². The summed E-state index contributed by atoms with van der Waals surface area (Å²) in [5.41, 5.74) is 2.71. The molecular weight excluding hydrogens is 234 g/mol. The van der Waals surface area contributed by atoms with E-state index in [9.17, 15) is 0 Å². The first-order valence-electron chi connectivity index (χ1n) is 7.65.